The molecule has 0 bridgehead atoms. The Kier molecular flexibility index (Phi) is 0.893. The molecule has 1 heterocycles. The highest BCUT2D eigenvalue weighted by Crippen LogP contribution is 2.37. The Balaban J connectivity index is 2.49. The molecule has 1 aromatic rings. The molecule has 10 heavy (non-hydrogen) atoms. The summed E-state index contributed by atoms with van der Waals surface area (Å²) in [5, 5.41) is 6.07. The fraction of sp³-hybridized carbons (Fsp3) is 0.600. The molecule has 0 aromatic carbocycles. The molecule has 5 nitrogen and oxygen atoms in total. The van der Waals surface area contributed by atoms with Crippen molar-refractivity contribution in [3.63, 3.8) is 0 Å². The van der Waals surface area contributed by atoms with E-state index < -0.39 is 0 Å². The number of nitrogens with zero attached hydrogens (tertiary/aromatic N) is 2. The number of nitrogens with one attached hydrogen (secondary N) is 1. The largest absolute Gasteiger partial charge is 0.361 e. The van der Waals surface area contributed by atoms with Crippen LogP contribution in [-0.4, -0.2) is 14.9 Å². The van der Waals surface area contributed by atoms with Crippen LogP contribution in [-0.2, 0) is 0 Å². The highest BCUT2D eigenvalue weighted by molar-refractivity contribution is 5.04. The van der Waals surface area contributed by atoms with Crippen molar-refractivity contribution < 1.29 is 0 Å². The van der Waals surface area contributed by atoms with Gasteiger partial charge in [-0.05, 0) is 12.8 Å². The van der Waals surface area contributed by atoms with Crippen LogP contribution in [0.25, 0.3) is 0 Å². The zero-order valence-corrected chi connectivity index (χ0v) is 5.37. The molecule has 54 valence electrons. The van der Waals surface area contributed by atoms with E-state index in [0.717, 1.165) is 17.5 Å². The van der Waals surface area contributed by atoms with Crippen LogP contribution in [0.15, 0.2) is 4.79 Å². The molecule has 0 amide bonds. The van der Waals surface area contributed by atoms with Gasteiger partial charge >= 0.3 is 5.69 Å². The third-order valence-electron chi connectivity index (χ3n) is 1.67. The molecule has 0 spiro atoms. The van der Waals surface area contributed by atoms with Crippen LogP contribution in [0.5, 0.6) is 0 Å². The quantitative estimate of drug-likeness (QED) is 0.499. The lowest BCUT2D eigenvalue weighted by atomic mass is 10.4. The first kappa shape index (κ1) is 5.52. The van der Waals surface area contributed by atoms with Crippen LogP contribution in [0, 0.1) is 0 Å². The topological polar surface area (TPSA) is 76.7 Å². The van der Waals surface area contributed by atoms with Gasteiger partial charge in [0.15, 0.2) is 5.82 Å². The summed E-state index contributed by atoms with van der Waals surface area (Å²) in [6, 6.07) is 0. The number of hydrogen-bond acceptors (Lipinski definition) is 3. The standard InChI is InChI=1S/C5H8N4O/c6-9-4(3-1-2-3)7-8-5(9)10/h3H,1-2,6H2,(H,8,10). The molecule has 1 aliphatic rings. The van der Waals surface area contributed by atoms with Crippen molar-refractivity contribution in [2.45, 2.75) is 18.8 Å². The summed E-state index contributed by atoms with van der Waals surface area (Å²) >= 11 is 0. The molecule has 3 N–H and O–H groups in total. The third kappa shape index (κ3) is 0.632. The van der Waals surface area contributed by atoms with Crippen molar-refractivity contribution in [3.8, 4) is 0 Å². The Morgan fingerprint density at radius 1 is 1.70 bits per heavy atom. The van der Waals surface area contributed by atoms with Crippen LogP contribution in [0.1, 0.15) is 24.6 Å². The first-order valence-corrected chi connectivity index (χ1v) is 3.21. The Bertz CT molecular complexity index is 295. The molecule has 5 heteroatoms. The molecule has 1 aliphatic carbocycles. The molecule has 1 saturated carbocycles. The van der Waals surface area contributed by atoms with Gasteiger partial charge in [-0.2, -0.15) is 9.77 Å². The van der Waals surface area contributed by atoms with Gasteiger partial charge in [0.05, 0.1) is 0 Å². The Morgan fingerprint density at radius 2 is 2.40 bits per heavy atom. The van der Waals surface area contributed by atoms with Gasteiger partial charge in [0.1, 0.15) is 0 Å². The van der Waals surface area contributed by atoms with Crippen molar-refractivity contribution in [1.82, 2.24) is 14.9 Å². The van der Waals surface area contributed by atoms with E-state index in [9.17, 15) is 4.79 Å². The maximum Gasteiger partial charge on any atom is 0.361 e. The molecule has 0 unspecified atom stereocenters. The summed E-state index contributed by atoms with van der Waals surface area (Å²) in [4.78, 5) is 10.7. The lowest BCUT2D eigenvalue weighted by molar-refractivity contribution is 0.829. The lowest BCUT2D eigenvalue weighted by Gasteiger charge is -1.91. The summed E-state index contributed by atoms with van der Waals surface area (Å²) in [7, 11) is 0. The Morgan fingerprint density at radius 3 is 2.80 bits per heavy atom. The molecule has 2 rings (SSSR count). The van der Waals surface area contributed by atoms with Gasteiger partial charge in [-0.25, -0.2) is 9.89 Å². The molecule has 0 aliphatic heterocycles. The monoisotopic (exact) mass is 140 g/mol. The van der Waals surface area contributed by atoms with E-state index in [1.165, 1.54) is 0 Å². The van der Waals surface area contributed by atoms with Crippen molar-refractivity contribution >= 4 is 0 Å². The number of aromatic nitrogens is 3. The van der Waals surface area contributed by atoms with E-state index >= 15 is 0 Å². The van der Waals surface area contributed by atoms with Crippen molar-refractivity contribution in [2.24, 2.45) is 0 Å². The van der Waals surface area contributed by atoms with Crippen LogP contribution in [0.3, 0.4) is 0 Å². The van der Waals surface area contributed by atoms with Gasteiger partial charge < -0.3 is 5.84 Å². The predicted molar refractivity (Wildman–Crippen MR) is 35.0 cm³/mol. The highest BCUT2D eigenvalue weighted by Gasteiger charge is 2.28. The molecule has 1 aromatic heterocycles. The number of nitrogens with two attached hydrogens (primary N) is 1. The van der Waals surface area contributed by atoms with E-state index in [-0.39, 0.29) is 5.69 Å². The van der Waals surface area contributed by atoms with Gasteiger partial charge in [0, 0.05) is 5.92 Å². The minimum atomic E-state index is -0.332. The van der Waals surface area contributed by atoms with E-state index in [1.54, 1.807) is 0 Å². The average molecular weight is 140 g/mol. The van der Waals surface area contributed by atoms with Gasteiger partial charge in [-0.15, -0.1) is 0 Å². The zero-order valence-electron chi connectivity index (χ0n) is 5.37. The Hall–Kier alpha value is -1.26. The summed E-state index contributed by atoms with van der Waals surface area (Å²) in [5.41, 5.74) is -0.332. The third-order valence-corrected chi connectivity index (χ3v) is 1.67. The smallest absolute Gasteiger partial charge is 0.333 e. The minimum Gasteiger partial charge on any atom is -0.333 e. The van der Waals surface area contributed by atoms with Gasteiger partial charge in [-0.1, -0.05) is 0 Å². The van der Waals surface area contributed by atoms with Crippen molar-refractivity contribution in [3.05, 3.63) is 16.3 Å². The summed E-state index contributed by atoms with van der Waals surface area (Å²) in [6.07, 6.45) is 2.20. The second kappa shape index (κ2) is 1.62. The number of H-pyrrole nitrogens is 1. The van der Waals surface area contributed by atoms with E-state index in [1.807, 2.05) is 0 Å². The van der Waals surface area contributed by atoms with Crippen molar-refractivity contribution in [2.75, 3.05) is 5.84 Å². The van der Waals surface area contributed by atoms with E-state index in [2.05, 4.69) is 10.2 Å². The molecule has 0 atom stereocenters. The number of hydrogen-bond donors (Lipinski definition) is 2. The zero-order chi connectivity index (χ0) is 7.14. The lowest BCUT2D eigenvalue weighted by Crippen LogP contribution is -2.25. The molecule has 0 saturated heterocycles. The molecular weight excluding hydrogens is 132 g/mol. The second-order valence-electron chi connectivity index (χ2n) is 2.53. The van der Waals surface area contributed by atoms with Crippen LogP contribution in [0.4, 0.5) is 0 Å². The van der Waals surface area contributed by atoms with E-state index in [0.29, 0.717) is 11.7 Å². The number of aromatic amines is 1. The minimum absolute atomic E-state index is 0.332. The van der Waals surface area contributed by atoms with E-state index in [4.69, 9.17) is 5.84 Å². The molecule has 0 radical (unpaired) electrons. The highest BCUT2D eigenvalue weighted by atomic mass is 16.2. The fourth-order valence-corrected chi connectivity index (χ4v) is 0.946. The SMILES string of the molecule is Nn1c(C2CC2)n[nH]c1=O. The average Bonchev–Trinajstić information content (AvgIpc) is 2.67. The molecular formula is C5H8N4O. The van der Waals surface area contributed by atoms with Crippen LogP contribution >= 0.6 is 0 Å². The first-order chi connectivity index (χ1) is 4.79. The number of rotatable bonds is 1. The summed E-state index contributed by atoms with van der Waals surface area (Å²) < 4.78 is 1.08. The first-order valence-electron chi connectivity index (χ1n) is 3.21. The maximum absolute atomic E-state index is 10.7. The van der Waals surface area contributed by atoms with Gasteiger partial charge in [0.2, 0.25) is 0 Å². The summed E-state index contributed by atoms with van der Waals surface area (Å²) in [6.45, 7) is 0. The van der Waals surface area contributed by atoms with Crippen molar-refractivity contribution in [1.29, 1.82) is 0 Å². The van der Waals surface area contributed by atoms with Crippen LogP contribution < -0.4 is 11.5 Å². The van der Waals surface area contributed by atoms with Crippen LogP contribution in [0.2, 0.25) is 0 Å². The normalized spacial score (nSPS) is 17.6. The molecule has 1 fully saturated rings. The predicted octanol–water partition coefficient (Wildman–Crippen LogP) is -0.837. The second-order valence-corrected chi connectivity index (χ2v) is 2.53. The summed E-state index contributed by atoms with van der Waals surface area (Å²) in [5.74, 6) is 6.46. The maximum atomic E-state index is 10.7. The van der Waals surface area contributed by atoms with Gasteiger partial charge in [0.25, 0.3) is 0 Å². The van der Waals surface area contributed by atoms with Gasteiger partial charge in [-0.3, -0.25) is 0 Å². The Labute approximate surface area is 56.8 Å². The number of nitrogen functional groups attached to an aromatic ring is 1. The fourth-order valence-electron chi connectivity index (χ4n) is 0.946.